The number of carbonyl (C=O) groups is 2. The maximum atomic E-state index is 12.7. The second-order valence-electron chi connectivity index (χ2n) is 6.73. The number of benzene rings is 3. The molecular formula is C24H21N3O2. The number of fused-ring (bicyclic) bond motifs is 1. The largest absolute Gasteiger partial charge is 0.361 e. The van der Waals surface area contributed by atoms with E-state index >= 15 is 0 Å². The summed E-state index contributed by atoms with van der Waals surface area (Å²) in [5.41, 5.74) is 3.72. The molecule has 0 radical (unpaired) electrons. The van der Waals surface area contributed by atoms with Crippen molar-refractivity contribution in [2.75, 3.05) is 11.9 Å². The van der Waals surface area contributed by atoms with Gasteiger partial charge in [0.15, 0.2) is 0 Å². The summed E-state index contributed by atoms with van der Waals surface area (Å²) in [5, 5.41) is 6.95. The Morgan fingerprint density at radius 3 is 2.38 bits per heavy atom. The average molecular weight is 383 g/mol. The molecule has 5 nitrogen and oxygen atoms in total. The lowest BCUT2D eigenvalue weighted by molar-refractivity contribution is 0.0955. The van der Waals surface area contributed by atoms with E-state index in [2.05, 4.69) is 21.7 Å². The van der Waals surface area contributed by atoms with Gasteiger partial charge in [-0.25, -0.2) is 0 Å². The standard InChI is InChI=1S/C24H21N3O2/c28-23(17-8-2-1-3-9-17)27-22-13-7-5-11-20(22)24(29)25-15-14-18-16-26-21-12-6-4-10-19(18)21/h1-13,16,26H,14-15H2,(H,25,29)(H,27,28). The van der Waals surface area contributed by atoms with Gasteiger partial charge in [-0.15, -0.1) is 0 Å². The molecule has 4 rings (SSSR count). The van der Waals surface area contributed by atoms with Gasteiger partial charge in [0.25, 0.3) is 11.8 Å². The van der Waals surface area contributed by atoms with Gasteiger partial charge in [0.05, 0.1) is 11.3 Å². The Morgan fingerprint density at radius 2 is 1.52 bits per heavy atom. The van der Waals surface area contributed by atoms with Crippen LogP contribution in [-0.2, 0) is 6.42 Å². The molecule has 0 fully saturated rings. The Morgan fingerprint density at radius 1 is 0.793 bits per heavy atom. The maximum absolute atomic E-state index is 12.7. The predicted octanol–water partition coefficient (Wildman–Crippen LogP) is 4.39. The van der Waals surface area contributed by atoms with Gasteiger partial charge in [-0.1, -0.05) is 48.5 Å². The molecule has 2 amide bonds. The van der Waals surface area contributed by atoms with Gasteiger partial charge < -0.3 is 15.6 Å². The molecule has 3 N–H and O–H groups in total. The van der Waals surface area contributed by atoms with E-state index in [0.717, 1.165) is 16.5 Å². The Balaban J connectivity index is 1.42. The molecule has 144 valence electrons. The second-order valence-corrected chi connectivity index (χ2v) is 6.73. The smallest absolute Gasteiger partial charge is 0.255 e. The summed E-state index contributed by atoms with van der Waals surface area (Å²) in [6.45, 7) is 0.502. The van der Waals surface area contributed by atoms with Crippen molar-refractivity contribution >= 4 is 28.4 Å². The molecule has 0 saturated heterocycles. The normalized spacial score (nSPS) is 10.6. The van der Waals surface area contributed by atoms with E-state index in [1.807, 2.05) is 30.5 Å². The number of para-hydroxylation sites is 2. The summed E-state index contributed by atoms with van der Waals surface area (Å²) in [6, 6.07) is 24.0. The van der Waals surface area contributed by atoms with Gasteiger partial charge in [0, 0.05) is 29.2 Å². The van der Waals surface area contributed by atoms with Crippen molar-refractivity contribution < 1.29 is 9.59 Å². The van der Waals surface area contributed by atoms with Crippen molar-refractivity contribution in [1.29, 1.82) is 0 Å². The van der Waals surface area contributed by atoms with E-state index in [1.165, 1.54) is 0 Å². The molecule has 4 aromatic rings. The molecule has 1 heterocycles. The summed E-state index contributed by atoms with van der Waals surface area (Å²) in [4.78, 5) is 28.4. The molecule has 0 spiro atoms. The minimum absolute atomic E-state index is 0.214. The number of anilines is 1. The molecule has 1 aromatic heterocycles. The summed E-state index contributed by atoms with van der Waals surface area (Å²) in [6.07, 6.45) is 2.69. The van der Waals surface area contributed by atoms with Crippen molar-refractivity contribution in [3.8, 4) is 0 Å². The van der Waals surface area contributed by atoms with Crippen LogP contribution in [0.1, 0.15) is 26.3 Å². The van der Waals surface area contributed by atoms with Crippen molar-refractivity contribution in [1.82, 2.24) is 10.3 Å². The van der Waals surface area contributed by atoms with Crippen molar-refractivity contribution in [3.05, 3.63) is 102 Å². The third kappa shape index (κ3) is 4.19. The quantitative estimate of drug-likeness (QED) is 0.462. The monoisotopic (exact) mass is 383 g/mol. The maximum Gasteiger partial charge on any atom is 0.255 e. The molecule has 0 atom stereocenters. The zero-order valence-corrected chi connectivity index (χ0v) is 15.8. The first-order chi connectivity index (χ1) is 14.2. The number of H-pyrrole nitrogens is 1. The van der Waals surface area contributed by atoms with E-state index in [4.69, 9.17) is 0 Å². The number of carbonyl (C=O) groups excluding carboxylic acids is 2. The van der Waals surface area contributed by atoms with Crippen LogP contribution < -0.4 is 10.6 Å². The first-order valence-electron chi connectivity index (χ1n) is 9.51. The first kappa shape index (κ1) is 18.5. The van der Waals surface area contributed by atoms with Crippen molar-refractivity contribution in [2.45, 2.75) is 6.42 Å². The van der Waals surface area contributed by atoms with Crippen LogP contribution in [0.15, 0.2) is 85.1 Å². The molecule has 5 heteroatoms. The van der Waals surface area contributed by atoms with Crippen LogP contribution in [0, 0.1) is 0 Å². The average Bonchev–Trinajstić information content (AvgIpc) is 3.18. The van der Waals surface area contributed by atoms with Gasteiger partial charge in [-0.2, -0.15) is 0 Å². The Bertz CT molecular complexity index is 1150. The van der Waals surface area contributed by atoms with Gasteiger partial charge in [0.1, 0.15) is 0 Å². The lowest BCUT2D eigenvalue weighted by Crippen LogP contribution is -2.27. The van der Waals surface area contributed by atoms with Gasteiger partial charge >= 0.3 is 0 Å². The molecule has 0 unspecified atom stereocenters. The number of rotatable bonds is 6. The molecule has 0 saturated carbocycles. The molecule has 29 heavy (non-hydrogen) atoms. The fourth-order valence-corrected chi connectivity index (χ4v) is 3.32. The molecule has 0 aliphatic heterocycles. The van der Waals surface area contributed by atoms with Crippen molar-refractivity contribution in [2.24, 2.45) is 0 Å². The molecule has 3 aromatic carbocycles. The number of amides is 2. The Hall–Kier alpha value is -3.86. The van der Waals surface area contributed by atoms with Crippen LogP contribution in [0.2, 0.25) is 0 Å². The SMILES string of the molecule is O=C(Nc1ccccc1C(=O)NCCc1c[nH]c2ccccc12)c1ccccc1. The van der Waals surface area contributed by atoms with Crippen LogP contribution >= 0.6 is 0 Å². The Labute approximate surface area is 168 Å². The van der Waals surface area contributed by atoms with Gasteiger partial charge in [-0.3, -0.25) is 9.59 Å². The van der Waals surface area contributed by atoms with Crippen LogP contribution in [0.4, 0.5) is 5.69 Å². The van der Waals surface area contributed by atoms with E-state index in [-0.39, 0.29) is 11.8 Å². The van der Waals surface area contributed by atoms with Crippen LogP contribution in [-0.4, -0.2) is 23.3 Å². The van der Waals surface area contributed by atoms with Crippen molar-refractivity contribution in [3.63, 3.8) is 0 Å². The highest BCUT2D eigenvalue weighted by Crippen LogP contribution is 2.19. The zero-order valence-electron chi connectivity index (χ0n) is 15.8. The molecule has 0 aliphatic carbocycles. The number of aromatic amines is 1. The van der Waals surface area contributed by atoms with E-state index in [0.29, 0.717) is 29.8 Å². The van der Waals surface area contributed by atoms with Gasteiger partial charge in [0.2, 0.25) is 0 Å². The van der Waals surface area contributed by atoms with Crippen LogP contribution in [0.3, 0.4) is 0 Å². The lowest BCUT2D eigenvalue weighted by atomic mass is 10.1. The minimum atomic E-state index is -0.246. The molecular weight excluding hydrogens is 362 g/mol. The predicted molar refractivity (Wildman–Crippen MR) is 115 cm³/mol. The van der Waals surface area contributed by atoms with E-state index in [1.54, 1.807) is 48.5 Å². The fourth-order valence-electron chi connectivity index (χ4n) is 3.32. The third-order valence-electron chi connectivity index (χ3n) is 4.81. The highest BCUT2D eigenvalue weighted by molar-refractivity contribution is 6.09. The zero-order chi connectivity index (χ0) is 20.1. The first-order valence-corrected chi connectivity index (χ1v) is 9.51. The highest BCUT2D eigenvalue weighted by Gasteiger charge is 2.14. The summed E-state index contributed by atoms with van der Waals surface area (Å²) >= 11 is 0. The highest BCUT2D eigenvalue weighted by atomic mass is 16.2. The summed E-state index contributed by atoms with van der Waals surface area (Å²) in [5.74, 6) is -0.460. The minimum Gasteiger partial charge on any atom is -0.361 e. The Kier molecular flexibility index (Phi) is 5.38. The fraction of sp³-hybridized carbons (Fsp3) is 0.0833. The number of aromatic nitrogens is 1. The topological polar surface area (TPSA) is 74.0 Å². The number of nitrogens with one attached hydrogen (secondary N) is 3. The molecule has 0 aliphatic rings. The lowest BCUT2D eigenvalue weighted by Gasteiger charge is -2.11. The van der Waals surface area contributed by atoms with Crippen LogP contribution in [0.5, 0.6) is 0 Å². The number of hydrogen-bond acceptors (Lipinski definition) is 2. The van der Waals surface area contributed by atoms with E-state index < -0.39 is 0 Å². The molecule has 0 bridgehead atoms. The summed E-state index contributed by atoms with van der Waals surface area (Å²) < 4.78 is 0. The van der Waals surface area contributed by atoms with Crippen LogP contribution in [0.25, 0.3) is 10.9 Å². The van der Waals surface area contributed by atoms with E-state index in [9.17, 15) is 9.59 Å². The third-order valence-corrected chi connectivity index (χ3v) is 4.81. The summed E-state index contributed by atoms with van der Waals surface area (Å²) in [7, 11) is 0. The van der Waals surface area contributed by atoms with Gasteiger partial charge in [-0.05, 0) is 42.3 Å². The number of hydrogen-bond donors (Lipinski definition) is 3. The second kappa shape index (κ2) is 8.44.